The van der Waals surface area contributed by atoms with Crippen molar-refractivity contribution in [3.63, 3.8) is 0 Å². The number of pyridine rings is 1. The van der Waals surface area contributed by atoms with E-state index in [9.17, 15) is 0 Å². The lowest BCUT2D eigenvalue weighted by atomic mass is 9.99. The minimum Gasteiger partial charge on any atom is -0.320 e. The lowest BCUT2D eigenvalue weighted by Crippen LogP contribution is -2.14. The zero-order valence-electron chi connectivity index (χ0n) is 12.6. The van der Waals surface area contributed by atoms with Crippen LogP contribution in [0.4, 0.5) is 0 Å². The van der Waals surface area contributed by atoms with Gasteiger partial charge in [0.2, 0.25) is 0 Å². The van der Waals surface area contributed by atoms with Gasteiger partial charge in [0.25, 0.3) is 0 Å². The Kier molecular flexibility index (Phi) is 4.51. The smallest absolute Gasteiger partial charge is 0.0968 e. The van der Waals surface area contributed by atoms with Gasteiger partial charge in [-0.3, -0.25) is 0 Å². The van der Waals surface area contributed by atoms with Crippen molar-refractivity contribution in [1.82, 2.24) is 4.98 Å². The average Bonchev–Trinajstić information content (AvgIpc) is 2.37. The molecule has 0 radical (unpaired) electrons. The third kappa shape index (κ3) is 3.84. The summed E-state index contributed by atoms with van der Waals surface area (Å²) < 4.78 is 0.169. The van der Waals surface area contributed by atoms with E-state index in [2.05, 4.69) is 50.0 Å². The van der Waals surface area contributed by atoms with Gasteiger partial charge in [0, 0.05) is 10.4 Å². The first-order valence-electron chi connectivity index (χ1n) is 6.84. The molecule has 0 amide bonds. The Morgan fingerprint density at radius 1 is 1.05 bits per heavy atom. The van der Waals surface area contributed by atoms with Crippen molar-refractivity contribution in [2.45, 2.75) is 43.5 Å². The van der Waals surface area contributed by atoms with Gasteiger partial charge in [-0.05, 0) is 24.1 Å². The average molecular weight is 286 g/mol. The number of aryl methyl sites for hydroxylation is 1. The number of rotatable bonds is 3. The van der Waals surface area contributed by atoms with E-state index < -0.39 is 0 Å². The molecule has 1 atom stereocenters. The lowest BCUT2D eigenvalue weighted by Gasteiger charge is -2.19. The first kappa shape index (κ1) is 15.1. The van der Waals surface area contributed by atoms with Gasteiger partial charge < -0.3 is 5.73 Å². The van der Waals surface area contributed by atoms with Crippen LogP contribution in [0, 0.1) is 6.92 Å². The highest BCUT2D eigenvalue weighted by atomic mass is 32.2. The molecular weight excluding hydrogens is 264 g/mol. The second kappa shape index (κ2) is 5.98. The largest absolute Gasteiger partial charge is 0.320 e. The number of hydrogen-bond acceptors (Lipinski definition) is 3. The number of aromatic nitrogens is 1. The molecule has 1 heterocycles. The zero-order chi connectivity index (χ0) is 14.8. The molecule has 20 heavy (non-hydrogen) atoms. The summed E-state index contributed by atoms with van der Waals surface area (Å²) in [5, 5.41) is 1.05. The molecule has 0 bridgehead atoms. The van der Waals surface area contributed by atoms with Crippen LogP contribution in [0.5, 0.6) is 0 Å². The molecule has 0 saturated carbocycles. The second-order valence-electron chi connectivity index (χ2n) is 5.93. The number of nitrogens with zero attached hydrogens (tertiary/aromatic N) is 1. The van der Waals surface area contributed by atoms with E-state index in [0.29, 0.717) is 0 Å². The topological polar surface area (TPSA) is 38.9 Å². The number of hydrogen-bond donors (Lipinski definition) is 1. The first-order valence-corrected chi connectivity index (χ1v) is 7.65. The van der Waals surface area contributed by atoms with Crippen LogP contribution in [0.2, 0.25) is 0 Å². The summed E-state index contributed by atoms with van der Waals surface area (Å²) in [6, 6.07) is 14.2. The molecule has 2 aromatic rings. The molecule has 2 rings (SSSR count). The van der Waals surface area contributed by atoms with Crippen molar-refractivity contribution < 1.29 is 0 Å². The Morgan fingerprint density at radius 3 is 2.25 bits per heavy atom. The third-order valence-electron chi connectivity index (χ3n) is 3.01. The molecule has 1 aromatic carbocycles. The van der Waals surface area contributed by atoms with Crippen LogP contribution in [-0.4, -0.2) is 9.73 Å². The molecule has 0 aliphatic carbocycles. The normalized spacial score (nSPS) is 13.2. The first-order chi connectivity index (χ1) is 9.37. The molecule has 1 aromatic heterocycles. The van der Waals surface area contributed by atoms with Crippen molar-refractivity contribution in [1.29, 1.82) is 0 Å². The standard InChI is InChI=1S/C17H22N2S/c1-12-14(16(18)13-8-6-5-7-9-13)10-11-15(19-12)20-17(2,3)4/h5-11,16H,18H2,1-4H3/t16-/m0/s1. The van der Waals surface area contributed by atoms with E-state index in [4.69, 9.17) is 5.73 Å². The van der Waals surface area contributed by atoms with Crippen molar-refractivity contribution in [2.75, 3.05) is 0 Å². The maximum Gasteiger partial charge on any atom is 0.0968 e. The summed E-state index contributed by atoms with van der Waals surface area (Å²) in [5.74, 6) is 0. The molecular formula is C17H22N2S. The SMILES string of the molecule is Cc1nc(SC(C)(C)C)ccc1[C@@H](N)c1ccccc1. The van der Waals surface area contributed by atoms with E-state index in [1.54, 1.807) is 11.8 Å². The molecule has 0 aliphatic rings. The van der Waals surface area contributed by atoms with Crippen molar-refractivity contribution in [3.05, 3.63) is 59.3 Å². The molecule has 3 heteroatoms. The molecule has 0 saturated heterocycles. The van der Waals surface area contributed by atoms with Crippen molar-refractivity contribution in [2.24, 2.45) is 5.73 Å². The Bertz CT molecular complexity index is 573. The van der Waals surface area contributed by atoms with Gasteiger partial charge in [0.1, 0.15) is 0 Å². The van der Waals surface area contributed by atoms with Gasteiger partial charge in [-0.25, -0.2) is 4.98 Å². The van der Waals surface area contributed by atoms with E-state index in [1.807, 2.05) is 25.1 Å². The molecule has 0 fully saturated rings. The Labute approximate surface area is 125 Å². The van der Waals surface area contributed by atoms with Crippen LogP contribution in [-0.2, 0) is 0 Å². The summed E-state index contributed by atoms with van der Waals surface area (Å²) in [4.78, 5) is 4.69. The van der Waals surface area contributed by atoms with E-state index in [1.165, 1.54) is 0 Å². The number of benzene rings is 1. The van der Waals surface area contributed by atoms with Gasteiger partial charge in [-0.15, -0.1) is 11.8 Å². The molecule has 0 aliphatic heterocycles. The summed E-state index contributed by atoms with van der Waals surface area (Å²) in [7, 11) is 0. The van der Waals surface area contributed by atoms with E-state index >= 15 is 0 Å². The van der Waals surface area contributed by atoms with Gasteiger partial charge in [0.05, 0.1) is 11.1 Å². The highest BCUT2D eigenvalue weighted by Crippen LogP contribution is 2.32. The maximum atomic E-state index is 6.35. The Hall–Kier alpha value is -1.32. The molecule has 0 spiro atoms. The van der Waals surface area contributed by atoms with Gasteiger partial charge >= 0.3 is 0 Å². The number of thioether (sulfide) groups is 1. The molecule has 2 nitrogen and oxygen atoms in total. The minimum absolute atomic E-state index is 0.114. The van der Waals surface area contributed by atoms with E-state index in [-0.39, 0.29) is 10.8 Å². The van der Waals surface area contributed by atoms with Crippen LogP contribution in [0.15, 0.2) is 47.5 Å². The van der Waals surface area contributed by atoms with Crippen molar-refractivity contribution in [3.8, 4) is 0 Å². The van der Waals surface area contributed by atoms with Crippen LogP contribution in [0.25, 0.3) is 0 Å². The Morgan fingerprint density at radius 2 is 1.70 bits per heavy atom. The van der Waals surface area contributed by atoms with Gasteiger partial charge in [-0.2, -0.15) is 0 Å². The second-order valence-corrected chi connectivity index (χ2v) is 7.77. The summed E-state index contributed by atoms with van der Waals surface area (Å²) in [5.41, 5.74) is 9.57. The van der Waals surface area contributed by atoms with Gasteiger partial charge in [-0.1, -0.05) is 57.2 Å². The maximum absolute atomic E-state index is 6.35. The van der Waals surface area contributed by atoms with Crippen LogP contribution >= 0.6 is 11.8 Å². The molecule has 0 unspecified atom stereocenters. The van der Waals surface area contributed by atoms with Crippen LogP contribution in [0.3, 0.4) is 0 Å². The summed E-state index contributed by atoms with van der Waals surface area (Å²) in [6.45, 7) is 8.61. The fourth-order valence-corrected chi connectivity index (χ4v) is 3.03. The predicted molar refractivity (Wildman–Crippen MR) is 87.1 cm³/mol. The lowest BCUT2D eigenvalue weighted by molar-refractivity contribution is 0.794. The highest BCUT2D eigenvalue weighted by Gasteiger charge is 2.16. The zero-order valence-corrected chi connectivity index (χ0v) is 13.4. The van der Waals surface area contributed by atoms with Crippen LogP contribution < -0.4 is 5.73 Å². The minimum atomic E-state index is -0.114. The van der Waals surface area contributed by atoms with Crippen LogP contribution in [0.1, 0.15) is 43.6 Å². The summed E-state index contributed by atoms with van der Waals surface area (Å²) in [6.07, 6.45) is 0. The predicted octanol–water partition coefficient (Wildman–Crippen LogP) is 4.33. The fourth-order valence-electron chi connectivity index (χ4n) is 2.09. The monoisotopic (exact) mass is 286 g/mol. The quantitative estimate of drug-likeness (QED) is 0.854. The summed E-state index contributed by atoms with van der Waals surface area (Å²) >= 11 is 1.78. The van der Waals surface area contributed by atoms with Crippen molar-refractivity contribution >= 4 is 11.8 Å². The molecule has 2 N–H and O–H groups in total. The van der Waals surface area contributed by atoms with E-state index in [0.717, 1.165) is 21.8 Å². The fraction of sp³-hybridized carbons (Fsp3) is 0.353. The Balaban J connectivity index is 2.26. The molecule has 106 valence electrons. The number of nitrogens with two attached hydrogens (primary N) is 1. The third-order valence-corrected chi connectivity index (χ3v) is 4.05. The van der Waals surface area contributed by atoms with Gasteiger partial charge in [0.15, 0.2) is 0 Å². The highest BCUT2D eigenvalue weighted by molar-refractivity contribution is 8.00.